The quantitative estimate of drug-likeness (QED) is 0.788. The van der Waals surface area contributed by atoms with Crippen molar-refractivity contribution in [2.45, 2.75) is 44.6 Å². The number of nitrogens with one attached hydrogen (secondary N) is 1. The summed E-state index contributed by atoms with van der Waals surface area (Å²) in [5.74, 6) is -0.457. The average Bonchev–Trinajstić information content (AvgIpc) is 2.59. The molecule has 2 N–H and O–H groups in total. The van der Waals surface area contributed by atoms with Crippen LogP contribution in [-0.4, -0.2) is 45.2 Å². The van der Waals surface area contributed by atoms with E-state index in [1.807, 2.05) is 20.8 Å². The third-order valence-corrected chi connectivity index (χ3v) is 3.83. The molecule has 1 fully saturated rings. The fourth-order valence-electron chi connectivity index (χ4n) is 1.66. The molecule has 0 saturated carbocycles. The lowest BCUT2D eigenvalue weighted by atomic mass is 10.2. The Kier molecular flexibility index (Phi) is 4.46. The van der Waals surface area contributed by atoms with Crippen LogP contribution >= 0.6 is 11.8 Å². The van der Waals surface area contributed by atoms with Crippen LogP contribution in [-0.2, 0) is 4.79 Å². The molecule has 0 bridgehead atoms. The first-order valence-corrected chi connectivity index (χ1v) is 6.45. The molecule has 1 rings (SSSR count). The summed E-state index contributed by atoms with van der Waals surface area (Å²) < 4.78 is 0. The Morgan fingerprint density at radius 2 is 2.19 bits per heavy atom. The molecule has 0 aromatic rings. The van der Waals surface area contributed by atoms with E-state index in [1.54, 1.807) is 0 Å². The van der Waals surface area contributed by atoms with Crippen LogP contribution in [0.4, 0.5) is 4.79 Å². The van der Waals surface area contributed by atoms with Crippen LogP contribution in [0.15, 0.2) is 0 Å². The molecular weight excluding hydrogens is 228 g/mol. The van der Waals surface area contributed by atoms with Gasteiger partial charge < -0.3 is 10.4 Å². The molecule has 1 heterocycles. The maximum Gasteiger partial charge on any atom is 0.327 e. The van der Waals surface area contributed by atoms with Crippen LogP contribution in [0, 0.1) is 0 Å². The summed E-state index contributed by atoms with van der Waals surface area (Å²) in [7, 11) is 0. The highest BCUT2D eigenvalue weighted by Gasteiger charge is 2.40. The molecule has 92 valence electrons. The van der Waals surface area contributed by atoms with Crippen molar-refractivity contribution in [1.29, 1.82) is 0 Å². The van der Waals surface area contributed by atoms with Crippen LogP contribution in [0.3, 0.4) is 0 Å². The van der Waals surface area contributed by atoms with Gasteiger partial charge in [0.05, 0.1) is 5.37 Å². The molecule has 5 nitrogen and oxygen atoms in total. The Labute approximate surface area is 99.6 Å². The van der Waals surface area contributed by atoms with Gasteiger partial charge in [-0.05, 0) is 20.3 Å². The molecule has 2 unspecified atom stereocenters. The number of carbonyl (C=O) groups excluding carboxylic acids is 1. The predicted octanol–water partition coefficient (Wildman–Crippen LogP) is 1.34. The van der Waals surface area contributed by atoms with Gasteiger partial charge in [-0.3, -0.25) is 4.90 Å². The van der Waals surface area contributed by atoms with Crippen molar-refractivity contribution in [2.75, 3.05) is 5.75 Å². The largest absolute Gasteiger partial charge is 0.480 e. The first-order chi connectivity index (χ1) is 7.47. The number of carboxylic acid groups (broad SMARTS) is 1. The minimum absolute atomic E-state index is 0.0186. The molecule has 0 radical (unpaired) electrons. The molecule has 2 atom stereocenters. The van der Waals surface area contributed by atoms with Crippen LogP contribution in [0.1, 0.15) is 27.2 Å². The Hall–Kier alpha value is -0.910. The zero-order valence-electron chi connectivity index (χ0n) is 9.77. The molecule has 0 aliphatic carbocycles. The Bertz CT molecular complexity index is 283. The molecule has 1 aliphatic heterocycles. The van der Waals surface area contributed by atoms with Gasteiger partial charge in [0.2, 0.25) is 0 Å². The Morgan fingerprint density at radius 1 is 1.56 bits per heavy atom. The third-order valence-electron chi connectivity index (χ3n) is 2.37. The molecule has 1 saturated heterocycles. The van der Waals surface area contributed by atoms with E-state index in [-0.39, 0.29) is 17.4 Å². The average molecular weight is 246 g/mol. The van der Waals surface area contributed by atoms with Crippen molar-refractivity contribution >= 4 is 23.8 Å². The highest BCUT2D eigenvalue weighted by molar-refractivity contribution is 8.00. The molecule has 0 spiro atoms. The fraction of sp³-hybridized carbons (Fsp3) is 0.800. The summed E-state index contributed by atoms with van der Waals surface area (Å²) in [6, 6.07) is -0.960. The summed E-state index contributed by atoms with van der Waals surface area (Å²) in [5, 5.41) is 11.8. The number of hydrogen-bond donors (Lipinski definition) is 2. The third kappa shape index (κ3) is 2.81. The second-order valence-corrected chi connectivity index (χ2v) is 5.27. The Morgan fingerprint density at radius 3 is 2.62 bits per heavy atom. The lowest BCUT2D eigenvalue weighted by molar-refractivity contribution is -0.141. The van der Waals surface area contributed by atoms with Crippen molar-refractivity contribution in [2.24, 2.45) is 0 Å². The Balaban J connectivity index is 2.77. The van der Waals surface area contributed by atoms with Gasteiger partial charge in [0, 0.05) is 11.8 Å². The number of carbonyl (C=O) groups is 2. The summed E-state index contributed by atoms with van der Waals surface area (Å²) in [5.41, 5.74) is 0. The van der Waals surface area contributed by atoms with E-state index in [2.05, 4.69) is 5.32 Å². The van der Waals surface area contributed by atoms with Crippen LogP contribution < -0.4 is 5.32 Å². The van der Waals surface area contributed by atoms with Crippen molar-refractivity contribution in [1.82, 2.24) is 10.2 Å². The number of carboxylic acids is 1. The lowest BCUT2D eigenvalue weighted by Gasteiger charge is -2.27. The van der Waals surface area contributed by atoms with Crippen molar-refractivity contribution < 1.29 is 14.7 Å². The summed E-state index contributed by atoms with van der Waals surface area (Å²) >= 11 is 1.53. The number of amides is 2. The van der Waals surface area contributed by atoms with Crippen LogP contribution in [0.25, 0.3) is 0 Å². The van der Waals surface area contributed by atoms with E-state index in [0.29, 0.717) is 5.75 Å². The van der Waals surface area contributed by atoms with Gasteiger partial charge in [-0.15, -0.1) is 11.8 Å². The van der Waals surface area contributed by atoms with Crippen molar-refractivity contribution in [3.8, 4) is 0 Å². The number of rotatable bonds is 3. The number of aliphatic carboxylic acids is 1. The minimum Gasteiger partial charge on any atom is -0.480 e. The van der Waals surface area contributed by atoms with Gasteiger partial charge in [0.15, 0.2) is 0 Å². The summed E-state index contributed by atoms with van der Waals surface area (Å²) in [6.45, 7) is 5.67. The summed E-state index contributed by atoms with van der Waals surface area (Å²) in [4.78, 5) is 24.4. The van der Waals surface area contributed by atoms with Crippen molar-refractivity contribution in [3.05, 3.63) is 0 Å². The van der Waals surface area contributed by atoms with Gasteiger partial charge >= 0.3 is 12.0 Å². The monoisotopic (exact) mass is 246 g/mol. The van der Waals surface area contributed by atoms with E-state index in [0.717, 1.165) is 6.42 Å². The van der Waals surface area contributed by atoms with E-state index < -0.39 is 12.0 Å². The van der Waals surface area contributed by atoms with E-state index in [9.17, 15) is 9.59 Å². The molecular formula is C10H18N2O3S. The highest BCUT2D eigenvalue weighted by atomic mass is 32.2. The van der Waals surface area contributed by atoms with E-state index in [1.165, 1.54) is 16.7 Å². The van der Waals surface area contributed by atoms with Gasteiger partial charge in [-0.25, -0.2) is 9.59 Å². The fourth-order valence-corrected chi connectivity index (χ4v) is 3.01. The van der Waals surface area contributed by atoms with E-state index in [4.69, 9.17) is 5.11 Å². The van der Waals surface area contributed by atoms with Gasteiger partial charge in [-0.2, -0.15) is 0 Å². The normalized spacial score (nSPS) is 24.9. The maximum absolute atomic E-state index is 11.9. The zero-order valence-corrected chi connectivity index (χ0v) is 10.6. The smallest absolute Gasteiger partial charge is 0.327 e. The SMILES string of the molecule is CCC1SCC(C(=O)O)N1C(=O)NC(C)C. The summed E-state index contributed by atoms with van der Waals surface area (Å²) in [6.07, 6.45) is 0.764. The van der Waals surface area contributed by atoms with Gasteiger partial charge in [0.25, 0.3) is 0 Å². The predicted molar refractivity (Wildman–Crippen MR) is 63.5 cm³/mol. The molecule has 0 aromatic carbocycles. The highest BCUT2D eigenvalue weighted by Crippen LogP contribution is 2.31. The van der Waals surface area contributed by atoms with Gasteiger partial charge in [-0.1, -0.05) is 6.92 Å². The second kappa shape index (κ2) is 5.43. The van der Waals surface area contributed by atoms with Crippen LogP contribution in [0.2, 0.25) is 0 Å². The minimum atomic E-state index is -0.928. The first-order valence-electron chi connectivity index (χ1n) is 5.40. The van der Waals surface area contributed by atoms with Crippen LogP contribution in [0.5, 0.6) is 0 Å². The van der Waals surface area contributed by atoms with Crippen molar-refractivity contribution in [3.63, 3.8) is 0 Å². The number of hydrogen-bond acceptors (Lipinski definition) is 3. The number of urea groups is 1. The number of thioether (sulfide) groups is 1. The zero-order chi connectivity index (χ0) is 12.3. The molecule has 2 amide bonds. The van der Waals surface area contributed by atoms with E-state index >= 15 is 0 Å². The maximum atomic E-state index is 11.9. The second-order valence-electron chi connectivity index (χ2n) is 4.06. The topological polar surface area (TPSA) is 69.6 Å². The van der Waals surface area contributed by atoms with Gasteiger partial charge in [0.1, 0.15) is 6.04 Å². The molecule has 6 heteroatoms. The molecule has 16 heavy (non-hydrogen) atoms. The standard InChI is InChI=1S/C10H18N2O3S/c1-4-8-12(10(15)11-6(2)3)7(5-16-8)9(13)14/h6-8H,4-5H2,1-3H3,(H,11,15)(H,13,14). The number of nitrogens with zero attached hydrogens (tertiary/aromatic N) is 1. The lowest BCUT2D eigenvalue weighted by Crippen LogP contribution is -2.51. The molecule has 1 aliphatic rings. The molecule has 0 aromatic heterocycles. The first kappa shape index (κ1) is 13.2.